The third kappa shape index (κ3) is 4.17. The van der Waals surface area contributed by atoms with Gasteiger partial charge in [-0.2, -0.15) is 0 Å². The SMILES string of the molecule is CN1CCC(CCO)(NCc2ccnc(-c3ccccc3)n2)CC1. The van der Waals surface area contributed by atoms with Crippen LogP contribution in [0.25, 0.3) is 11.4 Å². The second-order valence-electron chi connectivity index (χ2n) is 6.65. The first-order valence-electron chi connectivity index (χ1n) is 8.63. The Kier molecular flexibility index (Phi) is 5.56. The zero-order chi connectivity index (χ0) is 16.8. The van der Waals surface area contributed by atoms with Gasteiger partial charge in [0.1, 0.15) is 0 Å². The molecule has 1 aliphatic rings. The Hall–Kier alpha value is -1.82. The molecule has 0 radical (unpaired) electrons. The predicted molar refractivity (Wildman–Crippen MR) is 95.5 cm³/mol. The molecule has 0 saturated carbocycles. The molecule has 1 aromatic carbocycles. The van der Waals surface area contributed by atoms with Crippen LogP contribution >= 0.6 is 0 Å². The molecule has 0 aliphatic carbocycles. The van der Waals surface area contributed by atoms with Crippen molar-refractivity contribution < 1.29 is 5.11 Å². The van der Waals surface area contributed by atoms with Crippen molar-refractivity contribution in [3.63, 3.8) is 0 Å². The highest BCUT2D eigenvalue weighted by molar-refractivity contribution is 5.54. The first-order chi connectivity index (χ1) is 11.7. The van der Waals surface area contributed by atoms with E-state index in [1.54, 1.807) is 0 Å². The van der Waals surface area contributed by atoms with Gasteiger partial charge in [-0.05, 0) is 45.5 Å². The maximum absolute atomic E-state index is 9.46. The Balaban J connectivity index is 1.69. The largest absolute Gasteiger partial charge is 0.396 e. The minimum Gasteiger partial charge on any atom is -0.396 e. The highest BCUT2D eigenvalue weighted by Gasteiger charge is 2.32. The molecule has 2 aromatic rings. The fraction of sp³-hybridized carbons (Fsp3) is 0.474. The molecule has 0 bridgehead atoms. The van der Waals surface area contributed by atoms with Gasteiger partial charge in [0, 0.05) is 30.5 Å². The summed E-state index contributed by atoms with van der Waals surface area (Å²) in [5.41, 5.74) is 2.03. The molecule has 0 atom stereocenters. The fourth-order valence-electron chi connectivity index (χ4n) is 3.27. The van der Waals surface area contributed by atoms with Gasteiger partial charge in [-0.1, -0.05) is 30.3 Å². The van der Waals surface area contributed by atoms with Crippen LogP contribution < -0.4 is 5.32 Å². The van der Waals surface area contributed by atoms with Crippen molar-refractivity contribution >= 4 is 0 Å². The predicted octanol–water partition coefficient (Wildman–Crippen LogP) is 2.08. The first-order valence-corrected chi connectivity index (χ1v) is 8.63. The van der Waals surface area contributed by atoms with Crippen LogP contribution in [0.3, 0.4) is 0 Å². The van der Waals surface area contributed by atoms with E-state index >= 15 is 0 Å². The molecule has 0 unspecified atom stereocenters. The van der Waals surface area contributed by atoms with Gasteiger partial charge in [0.25, 0.3) is 0 Å². The van der Waals surface area contributed by atoms with Gasteiger partial charge < -0.3 is 15.3 Å². The number of hydrogen-bond donors (Lipinski definition) is 2. The summed E-state index contributed by atoms with van der Waals surface area (Å²) in [7, 11) is 2.15. The van der Waals surface area contributed by atoms with Crippen molar-refractivity contribution in [3.05, 3.63) is 48.3 Å². The first kappa shape index (κ1) is 17.0. The quantitative estimate of drug-likeness (QED) is 0.851. The standard InChI is InChI=1S/C19H26N4O/c1-23-12-8-19(9-13-23,10-14-24)21-15-17-7-11-20-18(22-17)16-5-3-2-4-6-16/h2-7,11,21,24H,8-10,12-15H2,1H3. The molecular formula is C19H26N4O. The van der Waals surface area contributed by atoms with Gasteiger partial charge in [0.05, 0.1) is 5.69 Å². The molecule has 5 heteroatoms. The molecule has 2 heterocycles. The van der Waals surface area contributed by atoms with Gasteiger partial charge in [0.2, 0.25) is 0 Å². The van der Waals surface area contributed by atoms with Crippen molar-refractivity contribution in [2.75, 3.05) is 26.7 Å². The molecule has 0 amide bonds. The molecule has 5 nitrogen and oxygen atoms in total. The average molecular weight is 326 g/mol. The van der Waals surface area contributed by atoms with Gasteiger partial charge in [0.15, 0.2) is 5.82 Å². The van der Waals surface area contributed by atoms with E-state index in [4.69, 9.17) is 0 Å². The Morgan fingerprint density at radius 2 is 1.92 bits per heavy atom. The Morgan fingerprint density at radius 1 is 1.17 bits per heavy atom. The summed E-state index contributed by atoms with van der Waals surface area (Å²) in [6, 6.07) is 12.0. The zero-order valence-electron chi connectivity index (χ0n) is 14.3. The molecule has 128 valence electrons. The molecule has 3 rings (SSSR count). The maximum Gasteiger partial charge on any atom is 0.159 e. The average Bonchev–Trinajstić information content (AvgIpc) is 2.64. The second kappa shape index (κ2) is 7.83. The fourth-order valence-corrected chi connectivity index (χ4v) is 3.27. The Labute approximate surface area is 143 Å². The van der Waals surface area contributed by atoms with Gasteiger partial charge in [-0.15, -0.1) is 0 Å². The summed E-state index contributed by atoms with van der Waals surface area (Å²) in [4.78, 5) is 11.4. The van der Waals surface area contributed by atoms with E-state index in [1.807, 2.05) is 42.6 Å². The summed E-state index contributed by atoms with van der Waals surface area (Å²) in [6.07, 6.45) is 4.72. The van der Waals surface area contributed by atoms with Crippen LogP contribution in [0.5, 0.6) is 0 Å². The van der Waals surface area contributed by atoms with Crippen molar-refractivity contribution in [2.24, 2.45) is 0 Å². The smallest absolute Gasteiger partial charge is 0.159 e. The van der Waals surface area contributed by atoms with E-state index in [0.717, 1.165) is 49.4 Å². The van der Waals surface area contributed by atoms with Crippen LogP contribution in [0.2, 0.25) is 0 Å². The van der Waals surface area contributed by atoms with Gasteiger partial charge >= 0.3 is 0 Å². The zero-order valence-corrected chi connectivity index (χ0v) is 14.3. The molecule has 24 heavy (non-hydrogen) atoms. The van der Waals surface area contributed by atoms with E-state index in [-0.39, 0.29) is 12.1 Å². The summed E-state index contributed by atoms with van der Waals surface area (Å²) >= 11 is 0. The number of aliphatic hydroxyl groups is 1. The summed E-state index contributed by atoms with van der Waals surface area (Å²) in [5, 5.41) is 13.1. The van der Waals surface area contributed by atoms with E-state index in [0.29, 0.717) is 6.54 Å². The second-order valence-corrected chi connectivity index (χ2v) is 6.65. The van der Waals surface area contributed by atoms with E-state index in [1.165, 1.54) is 0 Å². The lowest BCUT2D eigenvalue weighted by atomic mass is 9.84. The number of nitrogens with one attached hydrogen (secondary N) is 1. The highest BCUT2D eigenvalue weighted by atomic mass is 16.3. The number of rotatable bonds is 6. The van der Waals surface area contributed by atoms with E-state index in [9.17, 15) is 5.11 Å². The number of piperidine rings is 1. The van der Waals surface area contributed by atoms with Crippen LogP contribution in [-0.2, 0) is 6.54 Å². The lowest BCUT2D eigenvalue weighted by Gasteiger charge is -2.41. The van der Waals surface area contributed by atoms with Crippen LogP contribution in [0.4, 0.5) is 0 Å². The van der Waals surface area contributed by atoms with E-state index in [2.05, 4.69) is 27.2 Å². The van der Waals surface area contributed by atoms with Crippen LogP contribution in [0.15, 0.2) is 42.6 Å². The van der Waals surface area contributed by atoms with Crippen LogP contribution in [-0.4, -0.2) is 52.3 Å². The summed E-state index contributed by atoms with van der Waals surface area (Å²) < 4.78 is 0. The molecule has 0 spiro atoms. The monoisotopic (exact) mass is 326 g/mol. The number of likely N-dealkylation sites (tertiary alicyclic amines) is 1. The van der Waals surface area contributed by atoms with Crippen LogP contribution in [0.1, 0.15) is 25.0 Å². The number of aromatic nitrogens is 2. The van der Waals surface area contributed by atoms with Crippen molar-refractivity contribution in [3.8, 4) is 11.4 Å². The number of benzene rings is 1. The molecular weight excluding hydrogens is 300 g/mol. The molecule has 1 saturated heterocycles. The number of hydrogen-bond acceptors (Lipinski definition) is 5. The third-order valence-electron chi connectivity index (χ3n) is 4.92. The lowest BCUT2D eigenvalue weighted by Crippen LogP contribution is -2.52. The lowest BCUT2D eigenvalue weighted by molar-refractivity contribution is 0.121. The highest BCUT2D eigenvalue weighted by Crippen LogP contribution is 2.25. The van der Waals surface area contributed by atoms with Gasteiger partial charge in [-0.25, -0.2) is 9.97 Å². The van der Waals surface area contributed by atoms with Crippen molar-refractivity contribution in [2.45, 2.75) is 31.3 Å². The van der Waals surface area contributed by atoms with Crippen LogP contribution in [0, 0.1) is 0 Å². The Morgan fingerprint density at radius 3 is 2.62 bits per heavy atom. The summed E-state index contributed by atoms with van der Waals surface area (Å²) in [6.45, 7) is 3.04. The summed E-state index contributed by atoms with van der Waals surface area (Å²) in [5.74, 6) is 0.759. The number of nitrogens with zero attached hydrogens (tertiary/aromatic N) is 3. The molecule has 1 fully saturated rings. The normalized spacial score (nSPS) is 17.8. The molecule has 1 aliphatic heterocycles. The topological polar surface area (TPSA) is 61.3 Å². The number of aliphatic hydroxyl groups excluding tert-OH is 1. The molecule has 2 N–H and O–H groups in total. The van der Waals surface area contributed by atoms with Crippen molar-refractivity contribution in [1.82, 2.24) is 20.2 Å². The van der Waals surface area contributed by atoms with Gasteiger partial charge in [-0.3, -0.25) is 0 Å². The third-order valence-corrected chi connectivity index (χ3v) is 4.92. The van der Waals surface area contributed by atoms with E-state index < -0.39 is 0 Å². The maximum atomic E-state index is 9.46. The minimum absolute atomic E-state index is 0.0130. The van der Waals surface area contributed by atoms with Crippen molar-refractivity contribution in [1.29, 1.82) is 0 Å². The minimum atomic E-state index is 0.0130. The Bertz CT molecular complexity index is 639. The molecule has 1 aromatic heterocycles.